The van der Waals surface area contributed by atoms with Gasteiger partial charge < -0.3 is 10.2 Å². The Hall–Kier alpha value is -2.02. The van der Waals surface area contributed by atoms with Gasteiger partial charge in [0.1, 0.15) is 6.17 Å². The van der Waals surface area contributed by atoms with Crippen LogP contribution in [0.25, 0.3) is 0 Å². The molecule has 0 radical (unpaired) electrons. The van der Waals surface area contributed by atoms with E-state index in [9.17, 15) is 18.0 Å². The van der Waals surface area contributed by atoms with Gasteiger partial charge in [0.05, 0.1) is 16.8 Å². The summed E-state index contributed by atoms with van der Waals surface area (Å²) >= 11 is 3.06. The van der Waals surface area contributed by atoms with E-state index in [2.05, 4.69) is 21.2 Å². The van der Waals surface area contributed by atoms with Gasteiger partial charge in [0.2, 0.25) is 0 Å². The van der Waals surface area contributed by atoms with Crippen LogP contribution in [0.5, 0.6) is 0 Å². The Morgan fingerprint density at radius 3 is 2.57 bits per heavy atom. The molecule has 0 saturated carbocycles. The zero-order chi connectivity index (χ0) is 16.8. The fraction of sp³-hybridized carbons (Fsp3) is 0.188. The molecule has 1 amide bonds. The number of hydrogen-bond donors (Lipinski definition) is 1. The lowest BCUT2D eigenvalue weighted by molar-refractivity contribution is -0.138. The van der Waals surface area contributed by atoms with Gasteiger partial charge in [-0.25, -0.2) is 0 Å². The first-order chi connectivity index (χ1) is 10.8. The van der Waals surface area contributed by atoms with E-state index in [1.807, 2.05) is 0 Å². The first-order valence-electron chi connectivity index (χ1n) is 6.78. The van der Waals surface area contributed by atoms with Crippen molar-refractivity contribution in [1.82, 2.24) is 5.32 Å². The number of hydrogen-bond acceptors (Lipinski definition) is 2. The van der Waals surface area contributed by atoms with E-state index in [1.54, 1.807) is 36.2 Å². The topological polar surface area (TPSA) is 32.3 Å². The summed E-state index contributed by atoms with van der Waals surface area (Å²) in [6, 6.07) is 10.8. The molecular formula is C16H12BrF3N2O. The van der Waals surface area contributed by atoms with Crippen LogP contribution in [0.2, 0.25) is 0 Å². The fourth-order valence-corrected chi connectivity index (χ4v) is 3.07. The Morgan fingerprint density at radius 2 is 1.87 bits per heavy atom. The van der Waals surface area contributed by atoms with Gasteiger partial charge >= 0.3 is 6.18 Å². The van der Waals surface area contributed by atoms with Crippen molar-refractivity contribution in [3.05, 3.63) is 63.6 Å². The smallest absolute Gasteiger partial charge is 0.350 e. The van der Waals surface area contributed by atoms with Crippen molar-refractivity contribution in [1.29, 1.82) is 0 Å². The van der Waals surface area contributed by atoms with Crippen LogP contribution in [0.3, 0.4) is 0 Å². The number of benzene rings is 2. The van der Waals surface area contributed by atoms with E-state index in [4.69, 9.17) is 0 Å². The third-order valence-electron chi connectivity index (χ3n) is 3.80. The van der Waals surface area contributed by atoms with Gasteiger partial charge in [0.25, 0.3) is 5.91 Å². The lowest BCUT2D eigenvalue weighted by atomic mass is 9.99. The van der Waals surface area contributed by atoms with Crippen molar-refractivity contribution in [2.45, 2.75) is 12.3 Å². The highest BCUT2D eigenvalue weighted by Gasteiger charge is 2.38. The maximum atomic E-state index is 13.4. The molecule has 0 aliphatic carbocycles. The predicted octanol–water partition coefficient (Wildman–Crippen LogP) is 4.35. The monoisotopic (exact) mass is 384 g/mol. The van der Waals surface area contributed by atoms with Gasteiger partial charge in [0, 0.05) is 17.1 Å². The number of anilines is 1. The average Bonchev–Trinajstić information content (AvgIpc) is 2.50. The van der Waals surface area contributed by atoms with Crippen LogP contribution in [0, 0.1) is 0 Å². The van der Waals surface area contributed by atoms with Gasteiger partial charge in [-0.15, -0.1) is 0 Å². The average molecular weight is 385 g/mol. The van der Waals surface area contributed by atoms with Crippen molar-refractivity contribution < 1.29 is 18.0 Å². The molecule has 1 N–H and O–H groups in total. The molecule has 0 fully saturated rings. The SMILES string of the molecule is CN1c2ccccc2C(=O)NC1c1ccc(Br)cc1C(F)(F)F. The summed E-state index contributed by atoms with van der Waals surface area (Å²) in [4.78, 5) is 13.8. The Bertz CT molecular complexity index is 776. The summed E-state index contributed by atoms with van der Waals surface area (Å²) in [5, 5.41) is 2.64. The van der Waals surface area contributed by atoms with Gasteiger partial charge in [-0.1, -0.05) is 34.1 Å². The van der Waals surface area contributed by atoms with E-state index in [0.717, 1.165) is 6.07 Å². The Morgan fingerprint density at radius 1 is 1.17 bits per heavy atom. The van der Waals surface area contributed by atoms with E-state index in [0.29, 0.717) is 15.7 Å². The van der Waals surface area contributed by atoms with E-state index in [-0.39, 0.29) is 11.5 Å². The fourth-order valence-electron chi connectivity index (χ4n) is 2.71. The molecule has 0 saturated heterocycles. The molecule has 0 bridgehead atoms. The molecule has 0 spiro atoms. The molecule has 1 heterocycles. The highest BCUT2D eigenvalue weighted by atomic mass is 79.9. The first-order valence-corrected chi connectivity index (χ1v) is 7.57. The van der Waals surface area contributed by atoms with Crippen LogP contribution < -0.4 is 10.2 Å². The van der Waals surface area contributed by atoms with Crippen molar-refractivity contribution in [3.8, 4) is 0 Å². The van der Waals surface area contributed by atoms with Gasteiger partial charge in [-0.3, -0.25) is 4.79 Å². The Kier molecular flexibility index (Phi) is 3.83. The predicted molar refractivity (Wildman–Crippen MR) is 84.2 cm³/mol. The third kappa shape index (κ3) is 2.81. The molecule has 7 heteroatoms. The summed E-state index contributed by atoms with van der Waals surface area (Å²) in [6.45, 7) is 0. The van der Waals surface area contributed by atoms with Crippen LogP contribution in [-0.2, 0) is 6.18 Å². The second-order valence-electron chi connectivity index (χ2n) is 5.23. The molecule has 1 aliphatic rings. The standard InChI is InChI=1S/C16H12BrF3N2O/c1-22-13-5-3-2-4-11(13)15(23)21-14(22)10-7-6-9(17)8-12(10)16(18,19)20/h2-8,14H,1H3,(H,21,23). The molecule has 23 heavy (non-hydrogen) atoms. The molecule has 1 unspecified atom stereocenters. The minimum Gasteiger partial charge on any atom is -0.350 e. The lowest BCUT2D eigenvalue weighted by Gasteiger charge is -2.37. The highest BCUT2D eigenvalue weighted by molar-refractivity contribution is 9.10. The van der Waals surface area contributed by atoms with Gasteiger partial charge in [0.15, 0.2) is 0 Å². The number of amides is 1. The minimum atomic E-state index is -4.51. The summed E-state index contributed by atoms with van der Waals surface area (Å²) < 4.78 is 40.4. The highest BCUT2D eigenvalue weighted by Crippen LogP contribution is 2.39. The molecule has 120 valence electrons. The number of carbonyl (C=O) groups excluding carboxylic acids is 1. The summed E-state index contributed by atoms with van der Waals surface area (Å²) in [6.07, 6.45) is -5.40. The molecule has 0 aromatic heterocycles. The molecule has 1 aliphatic heterocycles. The van der Waals surface area contributed by atoms with Gasteiger partial charge in [-0.2, -0.15) is 13.2 Å². The number of carbonyl (C=O) groups is 1. The second kappa shape index (κ2) is 5.56. The van der Waals surface area contributed by atoms with Crippen LogP contribution in [0.15, 0.2) is 46.9 Å². The summed E-state index contributed by atoms with van der Waals surface area (Å²) in [5.41, 5.74) is 0.267. The van der Waals surface area contributed by atoms with Crippen molar-refractivity contribution in [3.63, 3.8) is 0 Å². The molecule has 1 atom stereocenters. The van der Waals surface area contributed by atoms with E-state index in [1.165, 1.54) is 12.1 Å². The molecule has 3 rings (SSSR count). The maximum absolute atomic E-state index is 13.4. The second-order valence-corrected chi connectivity index (χ2v) is 6.15. The zero-order valence-electron chi connectivity index (χ0n) is 12.0. The number of fused-ring (bicyclic) bond motifs is 1. The number of alkyl halides is 3. The Labute approximate surface area is 139 Å². The normalized spacial score (nSPS) is 17.7. The maximum Gasteiger partial charge on any atom is 0.416 e. The molecule has 3 nitrogen and oxygen atoms in total. The minimum absolute atomic E-state index is 0.00560. The molecular weight excluding hydrogens is 373 g/mol. The summed E-state index contributed by atoms with van der Waals surface area (Å²) in [7, 11) is 1.66. The van der Waals surface area contributed by atoms with E-state index < -0.39 is 17.9 Å². The lowest BCUT2D eigenvalue weighted by Crippen LogP contribution is -2.45. The number of nitrogens with one attached hydrogen (secondary N) is 1. The number of para-hydroxylation sites is 1. The number of nitrogens with zero attached hydrogens (tertiary/aromatic N) is 1. The zero-order valence-corrected chi connectivity index (χ0v) is 13.6. The van der Waals surface area contributed by atoms with Crippen molar-refractivity contribution in [2.75, 3.05) is 11.9 Å². The Balaban J connectivity index is 2.12. The van der Waals surface area contributed by atoms with Crippen LogP contribution in [0.4, 0.5) is 18.9 Å². The molecule has 2 aromatic carbocycles. The third-order valence-corrected chi connectivity index (χ3v) is 4.29. The van der Waals surface area contributed by atoms with Crippen LogP contribution in [0.1, 0.15) is 27.7 Å². The first kappa shape index (κ1) is 15.9. The van der Waals surface area contributed by atoms with Crippen LogP contribution in [-0.4, -0.2) is 13.0 Å². The van der Waals surface area contributed by atoms with Crippen LogP contribution >= 0.6 is 15.9 Å². The van der Waals surface area contributed by atoms with E-state index >= 15 is 0 Å². The van der Waals surface area contributed by atoms with Crippen molar-refractivity contribution in [2.24, 2.45) is 0 Å². The van der Waals surface area contributed by atoms with Gasteiger partial charge in [-0.05, 0) is 24.3 Å². The largest absolute Gasteiger partial charge is 0.416 e. The number of rotatable bonds is 1. The quantitative estimate of drug-likeness (QED) is 0.792. The molecule has 2 aromatic rings. The number of halogens is 4. The summed E-state index contributed by atoms with van der Waals surface area (Å²) in [5.74, 6) is -0.389. The van der Waals surface area contributed by atoms with Crippen molar-refractivity contribution >= 4 is 27.5 Å².